The van der Waals surface area contributed by atoms with Crippen LogP contribution in [0.4, 0.5) is 5.69 Å². The third-order valence-corrected chi connectivity index (χ3v) is 3.59. The standard InChI is InChI=1S/C17H14ClN/c18-16-10-4-2-7-14(16)12-19-17-11-5-8-13-6-1-3-9-15(13)17/h1-11,19H,12H2. The number of fused-ring (bicyclic) bond motifs is 1. The van der Waals surface area contributed by atoms with Crippen molar-refractivity contribution in [3.63, 3.8) is 0 Å². The Morgan fingerprint density at radius 2 is 1.53 bits per heavy atom. The van der Waals surface area contributed by atoms with Crippen molar-refractivity contribution in [2.75, 3.05) is 5.32 Å². The van der Waals surface area contributed by atoms with Crippen LogP contribution < -0.4 is 5.32 Å². The van der Waals surface area contributed by atoms with Crippen molar-refractivity contribution in [3.8, 4) is 0 Å². The van der Waals surface area contributed by atoms with Gasteiger partial charge < -0.3 is 5.32 Å². The van der Waals surface area contributed by atoms with Crippen molar-refractivity contribution in [3.05, 3.63) is 77.3 Å². The largest absolute Gasteiger partial charge is 0.380 e. The van der Waals surface area contributed by atoms with Crippen LogP contribution in [-0.2, 0) is 6.54 Å². The zero-order valence-corrected chi connectivity index (χ0v) is 11.2. The number of nitrogens with one attached hydrogen (secondary N) is 1. The van der Waals surface area contributed by atoms with E-state index in [2.05, 4.69) is 47.8 Å². The molecule has 0 saturated carbocycles. The number of anilines is 1. The summed E-state index contributed by atoms with van der Waals surface area (Å²) in [6.45, 7) is 0.730. The molecule has 0 amide bonds. The van der Waals surface area contributed by atoms with Crippen molar-refractivity contribution in [1.82, 2.24) is 0 Å². The average molecular weight is 268 g/mol. The van der Waals surface area contributed by atoms with E-state index in [0.717, 1.165) is 22.8 Å². The Morgan fingerprint density at radius 3 is 2.42 bits per heavy atom. The van der Waals surface area contributed by atoms with Gasteiger partial charge in [-0.25, -0.2) is 0 Å². The van der Waals surface area contributed by atoms with Gasteiger partial charge in [0.05, 0.1) is 0 Å². The van der Waals surface area contributed by atoms with Crippen molar-refractivity contribution in [2.45, 2.75) is 6.54 Å². The van der Waals surface area contributed by atoms with Crippen LogP contribution in [0.2, 0.25) is 5.02 Å². The summed E-state index contributed by atoms with van der Waals surface area (Å²) in [7, 11) is 0. The zero-order valence-electron chi connectivity index (χ0n) is 10.4. The molecule has 1 N–H and O–H groups in total. The molecule has 0 heterocycles. The minimum atomic E-state index is 0.730. The van der Waals surface area contributed by atoms with Crippen molar-refractivity contribution >= 4 is 28.1 Å². The van der Waals surface area contributed by atoms with Crippen molar-refractivity contribution < 1.29 is 0 Å². The first-order chi connectivity index (χ1) is 9.34. The third kappa shape index (κ3) is 2.56. The summed E-state index contributed by atoms with van der Waals surface area (Å²) in [5, 5.41) is 6.74. The van der Waals surface area contributed by atoms with E-state index >= 15 is 0 Å². The van der Waals surface area contributed by atoms with Gasteiger partial charge in [-0.05, 0) is 23.1 Å². The summed E-state index contributed by atoms with van der Waals surface area (Å²) in [5.41, 5.74) is 2.25. The lowest BCUT2D eigenvalue weighted by Crippen LogP contribution is -2.00. The van der Waals surface area contributed by atoms with Crippen LogP contribution in [0.1, 0.15) is 5.56 Å². The second-order valence-corrected chi connectivity index (χ2v) is 4.88. The molecule has 0 spiro atoms. The molecule has 0 aliphatic rings. The fourth-order valence-corrected chi connectivity index (χ4v) is 2.41. The molecule has 3 aromatic rings. The summed E-state index contributed by atoms with van der Waals surface area (Å²) in [4.78, 5) is 0. The molecule has 0 saturated heterocycles. The predicted octanol–water partition coefficient (Wildman–Crippen LogP) is 5.11. The predicted molar refractivity (Wildman–Crippen MR) is 82.7 cm³/mol. The lowest BCUT2D eigenvalue weighted by Gasteiger charge is -2.10. The van der Waals surface area contributed by atoms with Crippen LogP contribution in [0.25, 0.3) is 10.8 Å². The SMILES string of the molecule is Clc1ccccc1CNc1cccc2ccccc12. The number of benzene rings is 3. The summed E-state index contributed by atoms with van der Waals surface area (Å²) < 4.78 is 0. The molecular weight excluding hydrogens is 254 g/mol. The van der Waals surface area contributed by atoms with Crippen LogP contribution in [0.3, 0.4) is 0 Å². The van der Waals surface area contributed by atoms with E-state index in [1.165, 1.54) is 10.8 Å². The topological polar surface area (TPSA) is 12.0 Å². The first kappa shape index (κ1) is 12.1. The molecule has 3 aromatic carbocycles. The van der Waals surface area contributed by atoms with Gasteiger partial charge in [0, 0.05) is 22.6 Å². The van der Waals surface area contributed by atoms with E-state index in [1.807, 2.05) is 24.3 Å². The molecule has 0 fully saturated rings. The maximum absolute atomic E-state index is 6.17. The van der Waals surface area contributed by atoms with E-state index < -0.39 is 0 Å². The highest BCUT2D eigenvalue weighted by molar-refractivity contribution is 6.31. The molecule has 0 aliphatic carbocycles. The minimum absolute atomic E-state index is 0.730. The van der Waals surface area contributed by atoms with Crippen molar-refractivity contribution in [1.29, 1.82) is 0 Å². The Morgan fingerprint density at radius 1 is 0.789 bits per heavy atom. The van der Waals surface area contributed by atoms with Gasteiger partial charge >= 0.3 is 0 Å². The number of hydrogen-bond donors (Lipinski definition) is 1. The smallest absolute Gasteiger partial charge is 0.0455 e. The summed E-state index contributed by atoms with van der Waals surface area (Å²) in [6, 6.07) is 22.6. The normalized spacial score (nSPS) is 10.6. The maximum Gasteiger partial charge on any atom is 0.0455 e. The molecule has 2 heteroatoms. The number of halogens is 1. The molecule has 3 rings (SSSR count). The van der Waals surface area contributed by atoms with Gasteiger partial charge in [-0.15, -0.1) is 0 Å². The monoisotopic (exact) mass is 267 g/mol. The lowest BCUT2D eigenvalue weighted by molar-refractivity contribution is 1.15. The Balaban J connectivity index is 1.88. The minimum Gasteiger partial charge on any atom is -0.380 e. The highest BCUT2D eigenvalue weighted by Gasteiger charge is 2.01. The van der Waals surface area contributed by atoms with E-state index in [4.69, 9.17) is 11.6 Å². The molecule has 0 aromatic heterocycles. The number of hydrogen-bond acceptors (Lipinski definition) is 1. The molecule has 0 unspecified atom stereocenters. The quantitative estimate of drug-likeness (QED) is 0.696. The molecule has 0 radical (unpaired) electrons. The highest BCUT2D eigenvalue weighted by Crippen LogP contribution is 2.24. The Hall–Kier alpha value is -1.99. The Bertz CT molecular complexity index is 701. The highest BCUT2D eigenvalue weighted by atomic mass is 35.5. The lowest BCUT2D eigenvalue weighted by atomic mass is 10.1. The van der Waals surface area contributed by atoms with Crippen LogP contribution in [0.15, 0.2) is 66.7 Å². The van der Waals surface area contributed by atoms with Crippen LogP contribution in [0.5, 0.6) is 0 Å². The van der Waals surface area contributed by atoms with Crippen LogP contribution in [-0.4, -0.2) is 0 Å². The van der Waals surface area contributed by atoms with Gasteiger partial charge in [0.15, 0.2) is 0 Å². The first-order valence-electron chi connectivity index (χ1n) is 6.29. The Kier molecular flexibility index (Phi) is 3.39. The second kappa shape index (κ2) is 5.33. The van der Waals surface area contributed by atoms with Crippen molar-refractivity contribution in [2.24, 2.45) is 0 Å². The number of rotatable bonds is 3. The van der Waals surface area contributed by atoms with E-state index in [9.17, 15) is 0 Å². The fourth-order valence-electron chi connectivity index (χ4n) is 2.21. The molecule has 0 aliphatic heterocycles. The molecule has 0 atom stereocenters. The van der Waals surface area contributed by atoms with Gasteiger partial charge in [-0.1, -0.05) is 66.2 Å². The molecule has 1 nitrogen and oxygen atoms in total. The third-order valence-electron chi connectivity index (χ3n) is 3.22. The molecule has 94 valence electrons. The van der Waals surface area contributed by atoms with E-state index in [0.29, 0.717) is 0 Å². The van der Waals surface area contributed by atoms with E-state index in [1.54, 1.807) is 0 Å². The van der Waals surface area contributed by atoms with Gasteiger partial charge in [0.25, 0.3) is 0 Å². The zero-order chi connectivity index (χ0) is 13.1. The maximum atomic E-state index is 6.17. The molecule has 19 heavy (non-hydrogen) atoms. The van der Waals surface area contributed by atoms with Crippen LogP contribution >= 0.6 is 11.6 Å². The van der Waals surface area contributed by atoms with Crippen LogP contribution in [0, 0.1) is 0 Å². The average Bonchev–Trinajstić information content (AvgIpc) is 2.46. The van der Waals surface area contributed by atoms with Gasteiger partial charge in [0.2, 0.25) is 0 Å². The fraction of sp³-hybridized carbons (Fsp3) is 0.0588. The molecular formula is C17H14ClN. The summed E-state index contributed by atoms with van der Waals surface area (Å²) in [5.74, 6) is 0. The van der Waals surface area contributed by atoms with Gasteiger partial charge in [-0.3, -0.25) is 0 Å². The van der Waals surface area contributed by atoms with Gasteiger partial charge in [0.1, 0.15) is 0 Å². The Labute approximate surface area is 117 Å². The summed E-state index contributed by atoms with van der Waals surface area (Å²) in [6.07, 6.45) is 0. The first-order valence-corrected chi connectivity index (χ1v) is 6.67. The van der Waals surface area contributed by atoms with Gasteiger partial charge in [-0.2, -0.15) is 0 Å². The van der Waals surface area contributed by atoms with E-state index in [-0.39, 0.29) is 0 Å². The summed E-state index contributed by atoms with van der Waals surface area (Å²) >= 11 is 6.17. The second-order valence-electron chi connectivity index (χ2n) is 4.47. The molecule has 0 bridgehead atoms.